The van der Waals surface area contributed by atoms with Crippen molar-refractivity contribution in [2.24, 2.45) is 5.10 Å². The van der Waals surface area contributed by atoms with Crippen molar-refractivity contribution in [2.75, 3.05) is 7.11 Å². The number of nitrogens with zero attached hydrogens (tertiary/aromatic N) is 2. The maximum atomic E-state index is 12.9. The zero-order chi connectivity index (χ0) is 21.6. The highest BCUT2D eigenvalue weighted by molar-refractivity contribution is 5.91. The van der Waals surface area contributed by atoms with Crippen molar-refractivity contribution in [3.05, 3.63) is 106 Å². The lowest BCUT2D eigenvalue weighted by Crippen LogP contribution is -2.43. The SMILES string of the molecule is COc1ccc(C=NNC(=O)C(O)(c2ccccc2)c2ccccc2)cc1[N+](=O)[O-]. The van der Waals surface area contributed by atoms with E-state index in [0.29, 0.717) is 16.7 Å². The van der Waals surface area contributed by atoms with E-state index >= 15 is 0 Å². The number of carbonyl (C=O) groups excluding carboxylic acids is 1. The number of carbonyl (C=O) groups is 1. The summed E-state index contributed by atoms with van der Waals surface area (Å²) in [6.45, 7) is 0. The number of rotatable bonds is 7. The van der Waals surface area contributed by atoms with Gasteiger partial charge < -0.3 is 9.84 Å². The third-order valence-electron chi connectivity index (χ3n) is 4.49. The molecule has 0 spiro atoms. The molecule has 0 aliphatic rings. The molecule has 8 heteroatoms. The minimum Gasteiger partial charge on any atom is -0.490 e. The van der Waals surface area contributed by atoms with Crippen LogP contribution in [0.4, 0.5) is 5.69 Å². The summed E-state index contributed by atoms with van der Waals surface area (Å²) >= 11 is 0. The second-order valence-corrected chi connectivity index (χ2v) is 6.33. The number of nitrogens with one attached hydrogen (secondary N) is 1. The molecule has 0 fully saturated rings. The van der Waals surface area contributed by atoms with Gasteiger partial charge in [-0.25, -0.2) is 5.43 Å². The van der Waals surface area contributed by atoms with Crippen LogP contribution in [-0.2, 0) is 10.4 Å². The largest absolute Gasteiger partial charge is 0.490 e. The molecule has 0 aliphatic heterocycles. The molecule has 8 nitrogen and oxygen atoms in total. The maximum Gasteiger partial charge on any atom is 0.311 e. The lowest BCUT2D eigenvalue weighted by Gasteiger charge is -2.27. The number of amides is 1. The summed E-state index contributed by atoms with van der Waals surface area (Å²) in [7, 11) is 1.34. The van der Waals surface area contributed by atoms with Gasteiger partial charge in [0, 0.05) is 11.6 Å². The van der Waals surface area contributed by atoms with E-state index in [9.17, 15) is 20.0 Å². The molecule has 0 bridgehead atoms. The van der Waals surface area contributed by atoms with E-state index in [1.807, 2.05) is 0 Å². The highest BCUT2D eigenvalue weighted by Crippen LogP contribution is 2.30. The van der Waals surface area contributed by atoms with Crippen molar-refractivity contribution in [3.63, 3.8) is 0 Å². The molecule has 0 radical (unpaired) electrons. The number of aliphatic hydroxyl groups is 1. The Hall–Kier alpha value is -4.04. The van der Waals surface area contributed by atoms with Gasteiger partial charge in [-0.1, -0.05) is 60.7 Å². The van der Waals surface area contributed by atoms with E-state index < -0.39 is 16.4 Å². The predicted molar refractivity (Wildman–Crippen MR) is 111 cm³/mol. The summed E-state index contributed by atoms with van der Waals surface area (Å²) in [5.41, 5.74) is 1.27. The Morgan fingerprint density at radius 2 is 1.63 bits per heavy atom. The second-order valence-electron chi connectivity index (χ2n) is 6.33. The number of hydrazone groups is 1. The number of benzene rings is 3. The molecule has 3 aromatic carbocycles. The summed E-state index contributed by atoms with van der Waals surface area (Å²) in [6, 6.07) is 21.3. The van der Waals surface area contributed by atoms with Gasteiger partial charge in [0.15, 0.2) is 11.4 Å². The van der Waals surface area contributed by atoms with E-state index in [2.05, 4.69) is 10.5 Å². The van der Waals surface area contributed by atoms with E-state index in [-0.39, 0.29) is 11.4 Å². The van der Waals surface area contributed by atoms with Gasteiger partial charge in [-0.3, -0.25) is 14.9 Å². The molecule has 1 amide bonds. The van der Waals surface area contributed by atoms with Crippen LogP contribution in [0.5, 0.6) is 5.75 Å². The zero-order valence-electron chi connectivity index (χ0n) is 16.1. The first-order valence-corrected chi connectivity index (χ1v) is 8.96. The number of methoxy groups -OCH3 is 1. The molecular formula is C22H19N3O5. The van der Waals surface area contributed by atoms with Gasteiger partial charge in [-0.2, -0.15) is 5.10 Å². The van der Waals surface area contributed by atoms with Crippen molar-refractivity contribution in [1.29, 1.82) is 0 Å². The van der Waals surface area contributed by atoms with Gasteiger partial charge in [0.05, 0.1) is 18.2 Å². The van der Waals surface area contributed by atoms with Gasteiger partial charge in [-0.15, -0.1) is 0 Å². The monoisotopic (exact) mass is 405 g/mol. The van der Waals surface area contributed by atoms with Crippen molar-refractivity contribution >= 4 is 17.8 Å². The maximum absolute atomic E-state index is 12.9. The molecule has 0 heterocycles. The fourth-order valence-electron chi connectivity index (χ4n) is 2.96. The summed E-state index contributed by atoms with van der Waals surface area (Å²) in [6.07, 6.45) is 1.25. The van der Waals surface area contributed by atoms with Crippen LogP contribution >= 0.6 is 0 Å². The van der Waals surface area contributed by atoms with Crippen molar-refractivity contribution in [1.82, 2.24) is 5.43 Å². The average molecular weight is 405 g/mol. The van der Waals surface area contributed by atoms with Crippen LogP contribution in [-0.4, -0.2) is 29.3 Å². The molecule has 30 heavy (non-hydrogen) atoms. The Balaban J connectivity index is 1.87. The van der Waals surface area contributed by atoms with Gasteiger partial charge in [-0.05, 0) is 23.3 Å². The molecule has 0 saturated carbocycles. The fraction of sp³-hybridized carbons (Fsp3) is 0.0909. The smallest absolute Gasteiger partial charge is 0.311 e. The van der Waals surface area contributed by atoms with Crippen molar-refractivity contribution in [2.45, 2.75) is 5.60 Å². The Morgan fingerprint density at radius 1 is 1.07 bits per heavy atom. The van der Waals surface area contributed by atoms with E-state index in [4.69, 9.17) is 4.74 Å². The molecule has 0 unspecified atom stereocenters. The average Bonchev–Trinajstić information content (AvgIpc) is 2.79. The molecule has 0 saturated heterocycles. The van der Waals surface area contributed by atoms with Crippen LogP contribution < -0.4 is 10.2 Å². The van der Waals surface area contributed by atoms with E-state index in [1.54, 1.807) is 66.7 Å². The molecule has 3 aromatic rings. The number of nitro benzene ring substituents is 1. The van der Waals surface area contributed by atoms with Crippen LogP contribution in [0.1, 0.15) is 16.7 Å². The lowest BCUT2D eigenvalue weighted by atomic mass is 9.85. The topological polar surface area (TPSA) is 114 Å². The van der Waals surface area contributed by atoms with E-state index in [0.717, 1.165) is 0 Å². The number of hydrogen-bond donors (Lipinski definition) is 2. The van der Waals surface area contributed by atoms with Crippen LogP contribution in [0.2, 0.25) is 0 Å². The van der Waals surface area contributed by atoms with Crippen LogP contribution in [0.15, 0.2) is 84.0 Å². The zero-order valence-corrected chi connectivity index (χ0v) is 16.1. The first-order valence-electron chi connectivity index (χ1n) is 8.96. The Kier molecular flexibility index (Phi) is 6.19. The quantitative estimate of drug-likeness (QED) is 0.356. The first kappa shape index (κ1) is 20.7. The Labute approximate surface area is 172 Å². The van der Waals surface area contributed by atoms with Gasteiger partial charge in [0.1, 0.15) is 0 Å². The number of hydrogen-bond acceptors (Lipinski definition) is 6. The third-order valence-corrected chi connectivity index (χ3v) is 4.49. The van der Waals surface area contributed by atoms with Crippen molar-refractivity contribution < 1.29 is 19.6 Å². The number of nitro groups is 1. The molecular weight excluding hydrogens is 386 g/mol. The van der Waals surface area contributed by atoms with Gasteiger partial charge >= 0.3 is 5.69 Å². The standard InChI is InChI=1S/C22H19N3O5/c1-30-20-13-12-16(14-19(20)25(28)29)15-23-24-21(26)22(27,17-8-4-2-5-9-17)18-10-6-3-7-11-18/h2-15,27H,1H3,(H,24,26). The second kappa shape index (κ2) is 8.97. The minimum atomic E-state index is -1.97. The minimum absolute atomic E-state index is 0.115. The molecule has 0 aromatic heterocycles. The normalized spacial score (nSPS) is 11.3. The first-order chi connectivity index (χ1) is 14.5. The van der Waals surface area contributed by atoms with Crippen LogP contribution in [0, 0.1) is 10.1 Å². The predicted octanol–water partition coefficient (Wildman–Crippen LogP) is 2.99. The number of ether oxygens (including phenoxy) is 1. The molecule has 0 atom stereocenters. The molecule has 0 aliphatic carbocycles. The highest BCUT2D eigenvalue weighted by Gasteiger charge is 2.39. The highest BCUT2D eigenvalue weighted by atomic mass is 16.6. The Morgan fingerprint density at radius 3 is 2.13 bits per heavy atom. The van der Waals surface area contributed by atoms with Crippen molar-refractivity contribution in [3.8, 4) is 5.75 Å². The van der Waals surface area contributed by atoms with Gasteiger partial charge in [0.25, 0.3) is 5.91 Å². The summed E-state index contributed by atoms with van der Waals surface area (Å²) in [5.74, 6) is -0.650. The van der Waals surface area contributed by atoms with Crippen LogP contribution in [0.3, 0.4) is 0 Å². The summed E-state index contributed by atoms with van der Waals surface area (Å²) in [4.78, 5) is 23.5. The summed E-state index contributed by atoms with van der Waals surface area (Å²) in [5, 5.41) is 26.3. The third kappa shape index (κ3) is 4.18. The lowest BCUT2D eigenvalue weighted by molar-refractivity contribution is -0.385. The van der Waals surface area contributed by atoms with E-state index in [1.165, 1.54) is 25.5 Å². The molecule has 2 N–H and O–H groups in total. The Bertz CT molecular complexity index is 1030. The van der Waals surface area contributed by atoms with Gasteiger partial charge in [0.2, 0.25) is 0 Å². The fourth-order valence-corrected chi connectivity index (χ4v) is 2.96. The molecule has 3 rings (SSSR count). The van der Waals surface area contributed by atoms with Crippen LogP contribution in [0.25, 0.3) is 0 Å². The summed E-state index contributed by atoms with van der Waals surface area (Å²) < 4.78 is 4.96. The molecule has 152 valence electrons.